The highest BCUT2D eigenvalue weighted by Crippen LogP contribution is 1.83. The Balaban J connectivity index is 0. The molecule has 0 atom stereocenters. The molecule has 0 aromatic rings. The third kappa shape index (κ3) is 11.0. The number of carbonyl (C=O) groups excluding carboxylic acids is 1. The first-order valence-corrected chi connectivity index (χ1v) is 3.61. The van der Waals surface area contributed by atoms with Gasteiger partial charge in [-0.2, -0.15) is 8.42 Å². The van der Waals surface area contributed by atoms with Gasteiger partial charge < -0.3 is 4.74 Å². The van der Waals surface area contributed by atoms with Crippen molar-refractivity contribution >= 4 is 39.1 Å². The third-order valence-corrected chi connectivity index (χ3v) is 0.827. The third-order valence-electron chi connectivity index (χ3n) is 0.411. The van der Waals surface area contributed by atoms with Crippen LogP contribution in [0.25, 0.3) is 0 Å². The van der Waals surface area contributed by atoms with Crippen molar-refractivity contribution in [1.29, 1.82) is 0 Å². The lowest BCUT2D eigenvalue weighted by Crippen LogP contribution is -2.10. The van der Waals surface area contributed by atoms with E-state index < -0.39 is 22.0 Å². The summed E-state index contributed by atoms with van der Waals surface area (Å²) in [6.07, 6.45) is 0. The largest absolute Gasteiger partial charge is 0.447 e. The van der Waals surface area contributed by atoms with Crippen molar-refractivity contribution in [2.45, 2.75) is 6.92 Å². The average molecular weight is 180 g/mol. The van der Waals surface area contributed by atoms with Crippen LogP contribution in [0.5, 0.6) is 0 Å². The van der Waals surface area contributed by atoms with Gasteiger partial charge >= 0.3 is 39.1 Å². The molecule has 58 valence electrons. The minimum absolute atomic E-state index is 0. The SMILES string of the molecule is CC(=O)OCS(=O)(=O)O.[MgH2]. The molecule has 0 spiro atoms. The van der Waals surface area contributed by atoms with Crippen molar-refractivity contribution in [3.05, 3.63) is 0 Å². The van der Waals surface area contributed by atoms with Gasteiger partial charge in [0.05, 0.1) is 0 Å². The van der Waals surface area contributed by atoms with Gasteiger partial charge in [0.15, 0.2) is 0 Å². The number of hydrogen-bond donors (Lipinski definition) is 1. The molecular formula is C3H8MgO5S. The summed E-state index contributed by atoms with van der Waals surface area (Å²) in [5.74, 6) is -1.71. The molecule has 0 aliphatic rings. The van der Waals surface area contributed by atoms with E-state index in [9.17, 15) is 13.2 Å². The van der Waals surface area contributed by atoms with E-state index in [1.165, 1.54) is 0 Å². The lowest BCUT2D eigenvalue weighted by atomic mass is 10.8. The predicted octanol–water partition coefficient (Wildman–Crippen LogP) is -1.52. The van der Waals surface area contributed by atoms with Crippen LogP contribution in [-0.4, -0.2) is 47.9 Å². The van der Waals surface area contributed by atoms with Crippen LogP contribution in [0.15, 0.2) is 0 Å². The molecule has 10 heavy (non-hydrogen) atoms. The predicted molar refractivity (Wildman–Crippen MR) is 36.7 cm³/mol. The number of hydrogen-bond acceptors (Lipinski definition) is 4. The van der Waals surface area contributed by atoms with E-state index in [0.717, 1.165) is 6.92 Å². The zero-order valence-corrected chi connectivity index (χ0v) is 5.51. The fourth-order valence-corrected chi connectivity index (χ4v) is 0.472. The van der Waals surface area contributed by atoms with Crippen molar-refractivity contribution in [3.63, 3.8) is 0 Å². The van der Waals surface area contributed by atoms with Crippen LogP contribution in [0, 0.1) is 0 Å². The highest BCUT2D eigenvalue weighted by molar-refractivity contribution is 7.85. The van der Waals surface area contributed by atoms with Gasteiger partial charge in [0.2, 0.25) is 5.94 Å². The maximum atomic E-state index is 9.89. The first-order valence-electron chi connectivity index (χ1n) is 2.00. The smallest absolute Gasteiger partial charge is 0.316 e. The first-order chi connectivity index (χ1) is 3.92. The summed E-state index contributed by atoms with van der Waals surface area (Å²) in [4.78, 5) is 9.89. The van der Waals surface area contributed by atoms with Gasteiger partial charge in [-0.1, -0.05) is 0 Å². The van der Waals surface area contributed by atoms with Gasteiger partial charge in [-0.25, -0.2) is 0 Å². The summed E-state index contributed by atoms with van der Waals surface area (Å²) < 4.78 is 31.5. The van der Waals surface area contributed by atoms with E-state index in [1.807, 2.05) is 0 Å². The average Bonchev–Trinajstić information content (AvgIpc) is 1.59. The van der Waals surface area contributed by atoms with Crippen LogP contribution in [0.2, 0.25) is 0 Å². The summed E-state index contributed by atoms with van der Waals surface area (Å²) >= 11 is 0. The lowest BCUT2D eigenvalue weighted by molar-refractivity contribution is -0.139. The molecular weight excluding hydrogens is 172 g/mol. The summed E-state index contributed by atoms with van der Waals surface area (Å²) in [6.45, 7) is 1.05. The molecule has 0 amide bonds. The normalized spacial score (nSPS) is 9.80. The van der Waals surface area contributed by atoms with E-state index in [-0.39, 0.29) is 23.1 Å². The van der Waals surface area contributed by atoms with Crippen LogP contribution >= 0.6 is 0 Å². The maximum Gasteiger partial charge on any atom is 0.316 e. The van der Waals surface area contributed by atoms with Gasteiger partial charge in [0.25, 0.3) is 0 Å². The van der Waals surface area contributed by atoms with Crippen molar-refractivity contribution in [2.75, 3.05) is 5.94 Å². The minimum atomic E-state index is -4.16. The topological polar surface area (TPSA) is 80.7 Å². The Labute approximate surface area is 74.6 Å². The van der Waals surface area contributed by atoms with E-state index >= 15 is 0 Å². The zero-order valence-electron chi connectivity index (χ0n) is 4.70. The van der Waals surface area contributed by atoms with Crippen molar-refractivity contribution < 1.29 is 22.5 Å². The molecule has 5 nitrogen and oxygen atoms in total. The summed E-state index contributed by atoms with van der Waals surface area (Å²) in [5, 5.41) is 0. The van der Waals surface area contributed by atoms with Crippen LogP contribution in [0.4, 0.5) is 0 Å². The van der Waals surface area contributed by atoms with Gasteiger partial charge in [-0.05, 0) is 0 Å². The molecule has 0 rings (SSSR count). The Hall–Kier alpha value is 0.146. The standard InChI is InChI=1S/C3H6O5S.Mg.2H/c1-3(4)8-2-9(5,6)7;;;/h2H2,1H3,(H,5,6,7);;;. The molecule has 0 aromatic carbocycles. The second-order valence-corrected chi connectivity index (χ2v) is 2.74. The summed E-state index contributed by atoms with van der Waals surface area (Å²) in [7, 11) is -4.16. The van der Waals surface area contributed by atoms with E-state index in [0.29, 0.717) is 0 Å². The Bertz CT molecular complexity index is 195. The quantitative estimate of drug-likeness (QED) is 0.317. The van der Waals surface area contributed by atoms with E-state index in [2.05, 4.69) is 4.74 Å². The van der Waals surface area contributed by atoms with Gasteiger partial charge in [0.1, 0.15) is 0 Å². The molecule has 0 saturated carbocycles. The summed E-state index contributed by atoms with van der Waals surface area (Å²) in [6, 6.07) is 0. The molecule has 7 heteroatoms. The Morgan fingerprint density at radius 1 is 1.60 bits per heavy atom. The van der Waals surface area contributed by atoms with Gasteiger partial charge in [0, 0.05) is 6.92 Å². The Kier molecular flexibility index (Phi) is 6.25. The van der Waals surface area contributed by atoms with Crippen molar-refractivity contribution in [1.82, 2.24) is 0 Å². The molecule has 0 aliphatic carbocycles. The summed E-state index contributed by atoms with van der Waals surface area (Å²) in [5.41, 5.74) is 0. The van der Waals surface area contributed by atoms with Gasteiger partial charge in [-0.3, -0.25) is 9.35 Å². The van der Waals surface area contributed by atoms with Crippen molar-refractivity contribution in [2.24, 2.45) is 0 Å². The molecule has 1 N–H and O–H groups in total. The van der Waals surface area contributed by atoms with Crippen LogP contribution in [0.3, 0.4) is 0 Å². The van der Waals surface area contributed by atoms with Crippen molar-refractivity contribution in [3.8, 4) is 0 Å². The second kappa shape index (κ2) is 4.89. The van der Waals surface area contributed by atoms with Crippen LogP contribution < -0.4 is 0 Å². The number of esters is 1. The molecule has 0 unspecified atom stereocenters. The Morgan fingerprint density at radius 3 is 2.10 bits per heavy atom. The molecule has 0 aromatic heterocycles. The number of rotatable bonds is 2. The Morgan fingerprint density at radius 2 is 2.00 bits per heavy atom. The highest BCUT2D eigenvalue weighted by atomic mass is 32.2. The maximum absolute atomic E-state index is 9.89. The molecule has 0 saturated heterocycles. The monoisotopic (exact) mass is 180 g/mol. The van der Waals surface area contributed by atoms with E-state index in [4.69, 9.17) is 4.55 Å². The van der Waals surface area contributed by atoms with E-state index in [1.54, 1.807) is 0 Å². The van der Waals surface area contributed by atoms with Crippen LogP contribution in [-0.2, 0) is 19.6 Å². The second-order valence-electron chi connectivity index (χ2n) is 1.34. The van der Waals surface area contributed by atoms with Crippen LogP contribution in [0.1, 0.15) is 6.92 Å². The number of carbonyl (C=O) groups is 1. The first kappa shape index (κ1) is 12.8. The zero-order chi connectivity index (χ0) is 7.49. The lowest BCUT2D eigenvalue weighted by Gasteiger charge is -1.95. The fourth-order valence-electron chi connectivity index (χ4n) is 0.157. The fraction of sp³-hybridized carbons (Fsp3) is 0.667. The highest BCUT2D eigenvalue weighted by Gasteiger charge is 2.04. The molecule has 0 radical (unpaired) electrons. The minimum Gasteiger partial charge on any atom is -0.447 e. The van der Waals surface area contributed by atoms with Gasteiger partial charge in [-0.15, -0.1) is 0 Å². The number of ether oxygens (including phenoxy) is 1. The molecule has 0 fully saturated rings. The molecule has 0 bridgehead atoms. The molecule has 0 aliphatic heterocycles. The molecule has 0 heterocycles.